The standard InChI is InChI=1S/C13H15ClFNO/c14-10-3-4-13(15)9(6-10)7-12(17)8-11-2-1-5-16-11/h3-4,6,11,16H,1-2,5,7-8H2. The van der Waals surface area contributed by atoms with Gasteiger partial charge in [-0.15, -0.1) is 0 Å². The fourth-order valence-corrected chi connectivity index (χ4v) is 2.36. The molecule has 2 rings (SSSR count). The maximum Gasteiger partial charge on any atom is 0.138 e. The van der Waals surface area contributed by atoms with Crippen LogP contribution in [0.5, 0.6) is 0 Å². The van der Waals surface area contributed by atoms with Crippen LogP contribution in [0.4, 0.5) is 4.39 Å². The Labute approximate surface area is 105 Å². The minimum atomic E-state index is -0.359. The van der Waals surface area contributed by atoms with Crippen LogP contribution in [0.2, 0.25) is 5.02 Å². The molecular weight excluding hydrogens is 241 g/mol. The minimum Gasteiger partial charge on any atom is -0.314 e. The molecule has 0 saturated carbocycles. The normalized spacial score (nSPS) is 19.5. The summed E-state index contributed by atoms with van der Waals surface area (Å²) in [4.78, 5) is 11.8. The molecule has 0 amide bonds. The molecule has 0 aliphatic carbocycles. The topological polar surface area (TPSA) is 29.1 Å². The molecule has 0 spiro atoms. The van der Waals surface area contributed by atoms with Crippen LogP contribution in [0.25, 0.3) is 0 Å². The molecule has 1 aliphatic heterocycles. The van der Waals surface area contributed by atoms with Gasteiger partial charge in [-0.05, 0) is 43.1 Å². The highest BCUT2D eigenvalue weighted by molar-refractivity contribution is 6.30. The van der Waals surface area contributed by atoms with E-state index >= 15 is 0 Å². The minimum absolute atomic E-state index is 0.0607. The van der Waals surface area contributed by atoms with Crippen molar-refractivity contribution in [1.29, 1.82) is 0 Å². The molecule has 1 atom stereocenters. The lowest BCUT2D eigenvalue weighted by Crippen LogP contribution is -2.25. The zero-order valence-electron chi connectivity index (χ0n) is 9.51. The van der Waals surface area contributed by atoms with Gasteiger partial charge in [0.15, 0.2) is 0 Å². The molecule has 1 aromatic rings. The number of hydrogen-bond donors (Lipinski definition) is 1. The lowest BCUT2D eigenvalue weighted by molar-refractivity contribution is -0.118. The van der Waals surface area contributed by atoms with Gasteiger partial charge < -0.3 is 5.32 Å². The summed E-state index contributed by atoms with van der Waals surface area (Å²) in [7, 11) is 0. The Morgan fingerprint density at radius 3 is 3.06 bits per heavy atom. The Morgan fingerprint density at radius 1 is 1.53 bits per heavy atom. The van der Waals surface area contributed by atoms with Gasteiger partial charge in [0.25, 0.3) is 0 Å². The molecular formula is C13H15ClFNO. The van der Waals surface area contributed by atoms with E-state index in [9.17, 15) is 9.18 Å². The number of hydrogen-bond acceptors (Lipinski definition) is 2. The van der Waals surface area contributed by atoms with Crippen molar-refractivity contribution in [3.8, 4) is 0 Å². The van der Waals surface area contributed by atoms with Gasteiger partial charge >= 0.3 is 0 Å². The van der Waals surface area contributed by atoms with E-state index in [1.807, 2.05) is 0 Å². The van der Waals surface area contributed by atoms with Crippen LogP contribution in [0.1, 0.15) is 24.8 Å². The number of ketones is 1. The van der Waals surface area contributed by atoms with Gasteiger partial charge in [0, 0.05) is 23.9 Å². The van der Waals surface area contributed by atoms with Crippen molar-refractivity contribution >= 4 is 17.4 Å². The zero-order chi connectivity index (χ0) is 12.3. The average Bonchev–Trinajstić information content (AvgIpc) is 2.76. The second-order valence-corrected chi connectivity index (χ2v) is 4.89. The summed E-state index contributed by atoms with van der Waals surface area (Å²) in [6.07, 6.45) is 2.75. The lowest BCUT2D eigenvalue weighted by Gasteiger charge is -2.09. The van der Waals surface area contributed by atoms with Crippen LogP contribution in [-0.2, 0) is 11.2 Å². The highest BCUT2D eigenvalue weighted by Crippen LogP contribution is 2.17. The second-order valence-electron chi connectivity index (χ2n) is 4.45. The molecule has 0 bridgehead atoms. The molecule has 1 aliphatic rings. The van der Waals surface area contributed by atoms with Crippen molar-refractivity contribution in [3.05, 3.63) is 34.6 Å². The third-order valence-corrected chi connectivity index (χ3v) is 3.27. The number of carbonyl (C=O) groups excluding carboxylic acids is 1. The Kier molecular flexibility index (Phi) is 4.13. The molecule has 1 aromatic carbocycles. The van der Waals surface area contributed by atoms with Crippen LogP contribution < -0.4 is 5.32 Å². The van der Waals surface area contributed by atoms with Gasteiger partial charge in [0.05, 0.1) is 0 Å². The number of carbonyl (C=O) groups is 1. The first kappa shape index (κ1) is 12.5. The van der Waals surface area contributed by atoms with Gasteiger partial charge in [0.2, 0.25) is 0 Å². The molecule has 4 heteroatoms. The van der Waals surface area contributed by atoms with E-state index in [-0.39, 0.29) is 24.1 Å². The van der Waals surface area contributed by atoms with Gasteiger partial charge in [-0.25, -0.2) is 4.39 Å². The Morgan fingerprint density at radius 2 is 2.35 bits per heavy atom. The molecule has 17 heavy (non-hydrogen) atoms. The third kappa shape index (κ3) is 3.51. The molecule has 1 fully saturated rings. The van der Waals surface area contributed by atoms with E-state index in [2.05, 4.69) is 5.32 Å². The van der Waals surface area contributed by atoms with Crippen LogP contribution >= 0.6 is 11.6 Å². The number of benzene rings is 1. The molecule has 1 N–H and O–H groups in total. The predicted octanol–water partition coefficient (Wildman–Crippen LogP) is 2.73. The summed E-state index contributed by atoms with van der Waals surface area (Å²) < 4.78 is 13.4. The third-order valence-electron chi connectivity index (χ3n) is 3.03. The Hall–Kier alpha value is -0.930. The monoisotopic (exact) mass is 255 g/mol. The van der Waals surface area contributed by atoms with Crippen LogP contribution in [0, 0.1) is 5.82 Å². The van der Waals surface area contributed by atoms with E-state index in [1.54, 1.807) is 0 Å². The number of Topliss-reactive ketones (excluding diaryl/α,β-unsaturated/α-hetero) is 1. The molecule has 0 aromatic heterocycles. The second kappa shape index (κ2) is 5.61. The number of nitrogens with one attached hydrogen (secondary N) is 1. The van der Waals surface area contributed by atoms with Crippen molar-refractivity contribution < 1.29 is 9.18 Å². The predicted molar refractivity (Wildman–Crippen MR) is 65.8 cm³/mol. The van der Waals surface area contributed by atoms with Gasteiger partial charge in [-0.1, -0.05) is 11.6 Å². The van der Waals surface area contributed by atoms with Gasteiger partial charge in [0.1, 0.15) is 11.6 Å². The fraction of sp³-hybridized carbons (Fsp3) is 0.462. The fourth-order valence-electron chi connectivity index (χ4n) is 2.17. The molecule has 1 heterocycles. The van der Waals surface area contributed by atoms with Crippen LogP contribution in [-0.4, -0.2) is 18.4 Å². The van der Waals surface area contributed by atoms with Crippen LogP contribution in [0.3, 0.4) is 0 Å². The lowest BCUT2D eigenvalue weighted by atomic mass is 10.0. The maximum atomic E-state index is 13.4. The molecule has 92 valence electrons. The summed E-state index contributed by atoms with van der Waals surface area (Å²) >= 11 is 5.78. The first-order chi connectivity index (χ1) is 8.15. The summed E-state index contributed by atoms with van der Waals surface area (Å²) in [5, 5.41) is 3.72. The van der Waals surface area contributed by atoms with Gasteiger partial charge in [-0.2, -0.15) is 0 Å². The van der Waals surface area contributed by atoms with Crippen molar-refractivity contribution in [3.63, 3.8) is 0 Å². The molecule has 2 nitrogen and oxygen atoms in total. The Bertz CT molecular complexity index is 416. The Balaban J connectivity index is 1.95. The number of halogens is 2. The first-order valence-corrected chi connectivity index (χ1v) is 6.22. The van der Waals surface area contributed by atoms with Crippen molar-refractivity contribution in [2.75, 3.05) is 6.54 Å². The summed E-state index contributed by atoms with van der Waals surface area (Å²) in [6, 6.07) is 4.59. The van der Waals surface area contributed by atoms with Crippen molar-refractivity contribution in [2.45, 2.75) is 31.7 Å². The number of rotatable bonds is 4. The molecule has 1 saturated heterocycles. The van der Waals surface area contributed by atoms with Gasteiger partial charge in [-0.3, -0.25) is 4.79 Å². The average molecular weight is 256 g/mol. The summed E-state index contributed by atoms with van der Waals surface area (Å²) in [5.74, 6) is -0.298. The summed E-state index contributed by atoms with van der Waals surface area (Å²) in [6.45, 7) is 0.976. The van der Waals surface area contributed by atoms with Crippen molar-refractivity contribution in [2.24, 2.45) is 0 Å². The molecule has 0 radical (unpaired) electrons. The maximum absolute atomic E-state index is 13.4. The van der Waals surface area contributed by atoms with E-state index in [0.29, 0.717) is 17.0 Å². The highest BCUT2D eigenvalue weighted by Gasteiger charge is 2.18. The smallest absolute Gasteiger partial charge is 0.138 e. The summed E-state index contributed by atoms with van der Waals surface area (Å²) in [5.41, 5.74) is 0.389. The quantitative estimate of drug-likeness (QED) is 0.896. The first-order valence-electron chi connectivity index (χ1n) is 5.84. The van der Waals surface area contributed by atoms with E-state index in [1.165, 1.54) is 18.2 Å². The van der Waals surface area contributed by atoms with Crippen LogP contribution in [0.15, 0.2) is 18.2 Å². The SMILES string of the molecule is O=C(Cc1cc(Cl)ccc1F)CC1CCCN1. The van der Waals surface area contributed by atoms with E-state index in [0.717, 1.165) is 19.4 Å². The molecule has 1 unspecified atom stereocenters. The largest absolute Gasteiger partial charge is 0.314 e. The zero-order valence-corrected chi connectivity index (χ0v) is 10.3. The van der Waals surface area contributed by atoms with E-state index in [4.69, 9.17) is 11.6 Å². The van der Waals surface area contributed by atoms with Crippen molar-refractivity contribution in [1.82, 2.24) is 5.32 Å². The highest BCUT2D eigenvalue weighted by atomic mass is 35.5. The van der Waals surface area contributed by atoms with E-state index < -0.39 is 0 Å².